The summed E-state index contributed by atoms with van der Waals surface area (Å²) < 4.78 is 38.2. The Morgan fingerprint density at radius 3 is 2.38 bits per heavy atom. The van der Waals surface area contributed by atoms with Gasteiger partial charge in [-0.25, -0.2) is 0 Å². The van der Waals surface area contributed by atoms with Crippen LogP contribution in [0, 0.1) is 6.92 Å². The highest BCUT2D eigenvalue weighted by molar-refractivity contribution is 8.00. The Morgan fingerprint density at radius 1 is 1.03 bits per heavy atom. The molecule has 0 saturated carbocycles. The SMILES string of the molecule is Cc1ccc(N2C(=O)CS[C@@H]2c2cccc(NC(=O)c3ccc(C(F)(F)F)cc3)c2)cc1. The third-order valence-corrected chi connectivity index (χ3v) is 6.30. The number of nitrogens with zero attached hydrogens (tertiary/aromatic N) is 1. The van der Waals surface area contributed by atoms with Gasteiger partial charge in [-0.15, -0.1) is 11.8 Å². The fourth-order valence-corrected chi connectivity index (χ4v) is 4.61. The monoisotopic (exact) mass is 456 g/mol. The van der Waals surface area contributed by atoms with Gasteiger partial charge in [0, 0.05) is 16.9 Å². The zero-order valence-electron chi connectivity index (χ0n) is 17.0. The molecule has 0 aromatic heterocycles. The van der Waals surface area contributed by atoms with Crippen LogP contribution in [0.1, 0.15) is 32.4 Å². The Labute approximate surface area is 187 Å². The number of nitrogens with one attached hydrogen (secondary N) is 1. The van der Waals surface area contributed by atoms with E-state index in [1.54, 1.807) is 23.1 Å². The largest absolute Gasteiger partial charge is 0.416 e. The number of carbonyl (C=O) groups excluding carboxylic acids is 2. The predicted molar refractivity (Wildman–Crippen MR) is 120 cm³/mol. The number of alkyl halides is 3. The minimum atomic E-state index is -4.46. The van der Waals surface area contributed by atoms with Crippen molar-refractivity contribution in [3.8, 4) is 0 Å². The van der Waals surface area contributed by atoms with Gasteiger partial charge in [0.2, 0.25) is 5.91 Å². The van der Waals surface area contributed by atoms with Crippen molar-refractivity contribution < 1.29 is 22.8 Å². The summed E-state index contributed by atoms with van der Waals surface area (Å²) in [5.41, 5.74) is 2.54. The van der Waals surface area contributed by atoms with Gasteiger partial charge < -0.3 is 5.32 Å². The number of thioether (sulfide) groups is 1. The van der Waals surface area contributed by atoms with Crippen molar-refractivity contribution in [2.75, 3.05) is 16.0 Å². The Hall–Kier alpha value is -3.26. The molecule has 1 aliphatic rings. The quantitative estimate of drug-likeness (QED) is 0.520. The molecule has 8 heteroatoms. The lowest BCUT2D eigenvalue weighted by molar-refractivity contribution is -0.137. The molecule has 32 heavy (non-hydrogen) atoms. The zero-order valence-corrected chi connectivity index (χ0v) is 17.8. The molecule has 1 aliphatic heterocycles. The molecule has 1 saturated heterocycles. The molecule has 2 amide bonds. The van der Waals surface area contributed by atoms with E-state index >= 15 is 0 Å². The highest BCUT2D eigenvalue weighted by Crippen LogP contribution is 2.42. The number of anilines is 2. The van der Waals surface area contributed by atoms with E-state index < -0.39 is 17.6 Å². The maximum absolute atomic E-state index is 12.7. The smallest absolute Gasteiger partial charge is 0.322 e. The van der Waals surface area contributed by atoms with Crippen LogP contribution in [0.4, 0.5) is 24.5 Å². The fourth-order valence-electron chi connectivity index (χ4n) is 3.44. The number of hydrogen-bond donors (Lipinski definition) is 1. The van der Waals surface area contributed by atoms with E-state index in [1.165, 1.54) is 11.8 Å². The van der Waals surface area contributed by atoms with Gasteiger partial charge in [-0.05, 0) is 61.0 Å². The first-order chi connectivity index (χ1) is 15.2. The summed E-state index contributed by atoms with van der Waals surface area (Å²) >= 11 is 1.50. The van der Waals surface area contributed by atoms with Crippen molar-refractivity contribution in [2.45, 2.75) is 18.5 Å². The maximum Gasteiger partial charge on any atom is 0.416 e. The summed E-state index contributed by atoms with van der Waals surface area (Å²) in [6.07, 6.45) is -4.46. The first kappa shape index (κ1) is 22.0. The van der Waals surface area contributed by atoms with E-state index in [2.05, 4.69) is 5.32 Å². The second-order valence-electron chi connectivity index (χ2n) is 7.42. The summed E-state index contributed by atoms with van der Waals surface area (Å²) in [6, 6.07) is 18.9. The molecular weight excluding hydrogens is 437 g/mol. The second-order valence-corrected chi connectivity index (χ2v) is 8.49. The van der Waals surface area contributed by atoms with Crippen LogP contribution in [-0.2, 0) is 11.0 Å². The van der Waals surface area contributed by atoms with Crippen molar-refractivity contribution in [3.63, 3.8) is 0 Å². The van der Waals surface area contributed by atoms with Crippen LogP contribution < -0.4 is 10.2 Å². The molecule has 4 nitrogen and oxygen atoms in total. The molecule has 0 radical (unpaired) electrons. The molecule has 0 spiro atoms. The van der Waals surface area contributed by atoms with Crippen molar-refractivity contribution in [1.29, 1.82) is 0 Å². The lowest BCUT2D eigenvalue weighted by atomic mass is 10.1. The predicted octanol–water partition coefficient (Wildman–Crippen LogP) is 6.04. The highest BCUT2D eigenvalue weighted by atomic mass is 32.2. The van der Waals surface area contributed by atoms with E-state index in [4.69, 9.17) is 0 Å². The second kappa shape index (κ2) is 8.70. The van der Waals surface area contributed by atoms with E-state index in [9.17, 15) is 22.8 Å². The maximum atomic E-state index is 12.7. The van der Waals surface area contributed by atoms with E-state index in [-0.39, 0.29) is 16.8 Å². The Bertz CT molecular complexity index is 1150. The molecule has 3 aromatic rings. The number of rotatable bonds is 4. The molecule has 1 atom stereocenters. The molecule has 164 valence electrons. The summed E-state index contributed by atoms with van der Waals surface area (Å²) in [5, 5.41) is 2.48. The third kappa shape index (κ3) is 4.65. The molecule has 0 unspecified atom stereocenters. The summed E-state index contributed by atoms with van der Waals surface area (Å²) in [5.74, 6) is -0.162. The zero-order chi connectivity index (χ0) is 22.9. The standard InChI is InChI=1S/C24H19F3N2O2S/c1-15-5-11-20(12-6-15)29-21(30)14-32-23(29)17-3-2-4-19(13-17)28-22(31)16-7-9-18(10-8-16)24(25,26)27/h2-13,23H,14H2,1H3,(H,28,31)/t23-/m1/s1. The van der Waals surface area contributed by atoms with Crippen molar-refractivity contribution in [1.82, 2.24) is 0 Å². The van der Waals surface area contributed by atoms with Gasteiger partial charge in [-0.1, -0.05) is 29.8 Å². The molecule has 1 heterocycles. The molecular formula is C24H19F3N2O2S. The number of halogens is 3. The van der Waals surface area contributed by atoms with Crippen molar-refractivity contribution >= 4 is 35.0 Å². The van der Waals surface area contributed by atoms with E-state index in [0.717, 1.165) is 41.1 Å². The minimum absolute atomic E-state index is 0.00282. The van der Waals surface area contributed by atoms with Gasteiger partial charge in [-0.2, -0.15) is 13.2 Å². The lowest BCUT2D eigenvalue weighted by Gasteiger charge is -2.25. The summed E-state index contributed by atoms with van der Waals surface area (Å²) in [6.45, 7) is 1.98. The Balaban J connectivity index is 1.53. The molecule has 4 rings (SSSR count). The van der Waals surface area contributed by atoms with Crippen molar-refractivity contribution in [2.24, 2.45) is 0 Å². The van der Waals surface area contributed by atoms with E-state index in [1.807, 2.05) is 37.3 Å². The van der Waals surface area contributed by atoms with Crippen LogP contribution in [0.5, 0.6) is 0 Å². The van der Waals surface area contributed by atoms with E-state index in [0.29, 0.717) is 11.4 Å². The number of carbonyl (C=O) groups is 2. The van der Waals surface area contributed by atoms with Gasteiger partial charge in [-0.3, -0.25) is 14.5 Å². The van der Waals surface area contributed by atoms with Crippen LogP contribution in [0.15, 0.2) is 72.8 Å². The third-order valence-electron chi connectivity index (χ3n) is 5.08. The number of hydrogen-bond acceptors (Lipinski definition) is 3. The Morgan fingerprint density at radius 2 is 1.72 bits per heavy atom. The minimum Gasteiger partial charge on any atom is -0.322 e. The topological polar surface area (TPSA) is 49.4 Å². The fraction of sp³-hybridized carbons (Fsp3) is 0.167. The molecule has 0 bridgehead atoms. The average molecular weight is 456 g/mol. The van der Waals surface area contributed by atoms with Crippen molar-refractivity contribution in [3.05, 3.63) is 95.1 Å². The first-order valence-electron chi connectivity index (χ1n) is 9.81. The van der Waals surface area contributed by atoms with Crippen LogP contribution in [0.3, 0.4) is 0 Å². The van der Waals surface area contributed by atoms with Gasteiger partial charge in [0.15, 0.2) is 0 Å². The van der Waals surface area contributed by atoms with Gasteiger partial charge in [0.25, 0.3) is 5.91 Å². The van der Waals surface area contributed by atoms with Gasteiger partial charge in [0.05, 0.1) is 11.3 Å². The molecule has 1 fully saturated rings. The van der Waals surface area contributed by atoms with Crippen LogP contribution in [0.25, 0.3) is 0 Å². The highest BCUT2D eigenvalue weighted by Gasteiger charge is 2.34. The lowest BCUT2D eigenvalue weighted by Crippen LogP contribution is -2.27. The summed E-state index contributed by atoms with van der Waals surface area (Å²) in [4.78, 5) is 26.8. The van der Waals surface area contributed by atoms with Gasteiger partial charge >= 0.3 is 6.18 Å². The van der Waals surface area contributed by atoms with Gasteiger partial charge in [0.1, 0.15) is 5.37 Å². The normalized spacial score (nSPS) is 16.3. The number of benzene rings is 3. The molecule has 1 N–H and O–H groups in total. The molecule has 0 aliphatic carbocycles. The van der Waals surface area contributed by atoms with Crippen LogP contribution in [0.2, 0.25) is 0 Å². The summed E-state index contributed by atoms with van der Waals surface area (Å²) in [7, 11) is 0. The van der Waals surface area contributed by atoms with Crippen LogP contribution >= 0.6 is 11.8 Å². The average Bonchev–Trinajstić information content (AvgIpc) is 3.15. The first-order valence-corrected chi connectivity index (χ1v) is 10.9. The molecule has 3 aromatic carbocycles. The number of amides is 2. The number of aryl methyl sites for hydroxylation is 1. The Kier molecular flexibility index (Phi) is 5.97. The van der Waals surface area contributed by atoms with Crippen LogP contribution in [-0.4, -0.2) is 17.6 Å².